The van der Waals surface area contributed by atoms with Crippen LogP contribution in [0.1, 0.15) is 27.2 Å². The minimum absolute atomic E-state index is 0.0369. The Morgan fingerprint density at radius 1 is 1.42 bits per heavy atom. The molecule has 1 unspecified atom stereocenters. The van der Waals surface area contributed by atoms with Crippen molar-refractivity contribution < 1.29 is 9.53 Å². The van der Waals surface area contributed by atoms with Crippen molar-refractivity contribution >= 4 is 11.6 Å². The van der Waals surface area contributed by atoms with Gasteiger partial charge in [0.1, 0.15) is 5.75 Å². The van der Waals surface area contributed by atoms with E-state index in [1.54, 1.807) is 0 Å². The van der Waals surface area contributed by atoms with E-state index in [4.69, 9.17) is 10.5 Å². The zero-order chi connectivity index (χ0) is 14.3. The summed E-state index contributed by atoms with van der Waals surface area (Å²) in [6.45, 7) is 7.08. The summed E-state index contributed by atoms with van der Waals surface area (Å²) in [5.74, 6) is 0.795. The van der Waals surface area contributed by atoms with Crippen molar-refractivity contribution in [1.29, 1.82) is 0 Å². The number of hydrogen-bond acceptors (Lipinski definition) is 3. The Hall–Kier alpha value is -1.55. The molecule has 106 valence electrons. The van der Waals surface area contributed by atoms with Gasteiger partial charge in [-0.05, 0) is 24.5 Å². The van der Waals surface area contributed by atoms with Gasteiger partial charge in [0.25, 0.3) is 0 Å². The van der Waals surface area contributed by atoms with Crippen molar-refractivity contribution in [2.45, 2.75) is 27.2 Å². The molecule has 4 heteroatoms. The summed E-state index contributed by atoms with van der Waals surface area (Å²) < 4.78 is 5.54. The van der Waals surface area contributed by atoms with Gasteiger partial charge in [-0.2, -0.15) is 0 Å². The van der Waals surface area contributed by atoms with Crippen LogP contribution >= 0.6 is 0 Å². The number of carbonyl (C=O) groups is 1. The maximum atomic E-state index is 12.1. The first kappa shape index (κ1) is 15.5. The molecule has 3 N–H and O–H groups in total. The van der Waals surface area contributed by atoms with Crippen molar-refractivity contribution in [3.8, 4) is 5.75 Å². The number of rotatable bonds is 7. The predicted molar refractivity (Wildman–Crippen MR) is 78.2 cm³/mol. The van der Waals surface area contributed by atoms with Crippen molar-refractivity contribution in [3.05, 3.63) is 24.3 Å². The Kier molecular flexibility index (Phi) is 6.36. The second kappa shape index (κ2) is 7.79. The highest BCUT2D eigenvalue weighted by Crippen LogP contribution is 2.19. The van der Waals surface area contributed by atoms with Crippen LogP contribution < -0.4 is 15.8 Å². The Balaban J connectivity index is 2.68. The first-order chi connectivity index (χ1) is 9.08. The van der Waals surface area contributed by atoms with Crippen molar-refractivity contribution in [3.63, 3.8) is 0 Å². The Morgan fingerprint density at radius 2 is 2.16 bits per heavy atom. The van der Waals surface area contributed by atoms with Crippen LogP contribution in [0.25, 0.3) is 0 Å². The van der Waals surface area contributed by atoms with Crippen molar-refractivity contribution in [2.24, 2.45) is 17.6 Å². The standard InChI is InChI=1S/C15H24N2O2/c1-4-8-19-13-7-5-6-12(9-13)17-15(18)14(10-16)11(2)3/h5-7,9,11,14H,4,8,10,16H2,1-3H3,(H,17,18). The third-order valence-electron chi connectivity index (χ3n) is 2.97. The highest BCUT2D eigenvalue weighted by molar-refractivity contribution is 5.93. The topological polar surface area (TPSA) is 64.3 Å². The molecule has 0 aliphatic rings. The molecule has 0 saturated carbocycles. The number of benzene rings is 1. The minimum atomic E-state index is -0.166. The minimum Gasteiger partial charge on any atom is -0.494 e. The fraction of sp³-hybridized carbons (Fsp3) is 0.533. The SMILES string of the molecule is CCCOc1cccc(NC(=O)C(CN)C(C)C)c1. The van der Waals surface area contributed by atoms with Crippen LogP contribution in [0.4, 0.5) is 5.69 Å². The van der Waals surface area contributed by atoms with Gasteiger partial charge in [0.2, 0.25) is 5.91 Å². The zero-order valence-electron chi connectivity index (χ0n) is 12.0. The van der Waals surface area contributed by atoms with Gasteiger partial charge in [-0.15, -0.1) is 0 Å². The first-order valence-electron chi connectivity index (χ1n) is 6.82. The first-order valence-corrected chi connectivity index (χ1v) is 6.82. The van der Waals surface area contributed by atoms with Crippen LogP contribution in [0.15, 0.2) is 24.3 Å². The van der Waals surface area contributed by atoms with E-state index in [1.165, 1.54) is 0 Å². The average Bonchev–Trinajstić information content (AvgIpc) is 2.37. The van der Waals surface area contributed by atoms with E-state index < -0.39 is 0 Å². The third kappa shape index (κ3) is 4.91. The fourth-order valence-corrected chi connectivity index (χ4v) is 1.80. The molecule has 0 bridgehead atoms. The van der Waals surface area contributed by atoms with Gasteiger partial charge in [0.05, 0.1) is 12.5 Å². The third-order valence-corrected chi connectivity index (χ3v) is 2.97. The molecule has 1 aromatic rings. The normalized spacial score (nSPS) is 12.3. The Bertz CT molecular complexity index is 405. The van der Waals surface area contributed by atoms with E-state index in [0.29, 0.717) is 13.2 Å². The molecule has 4 nitrogen and oxygen atoms in total. The number of anilines is 1. The number of hydrogen-bond donors (Lipinski definition) is 2. The van der Waals surface area contributed by atoms with Crippen LogP contribution in [0.5, 0.6) is 5.75 Å². The molecule has 0 spiro atoms. The molecule has 19 heavy (non-hydrogen) atoms. The maximum absolute atomic E-state index is 12.1. The van der Waals surface area contributed by atoms with E-state index in [9.17, 15) is 4.79 Å². The fourth-order valence-electron chi connectivity index (χ4n) is 1.80. The zero-order valence-corrected chi connectivity index (χ0v) is 12.0. The molecule has 1 atom stereocenters. The molecule has 0 heterocycles. The predicted octanol–water partition coefficient (Wildman–Crippen LogP) is 2.64. The van der Waals surface area contributed by atoms with Crippen LogP contribution in [0.3, 0.4) is 0 Å². The van der Waals surface area contributed by atoms with Gasteiger partial charge in [0, 0.05) is 18.3 Å². The Morgan fingerprint density at radius 3 is 2.74 bits per heavy atom. The number of nitrogens with two attached hydrogens (primary N) is 1. The largest absolute Gasteiger partial charge is 0.494 e. The highest BCUT2D eigenvalue weighted by Gasteiger charge is 2.20. The van der Waals surface area contributed by atoms with E-state index >= 15 is 0 Å². The lowest BCUT2D eigenvalue weighted by atomic mass is 9.95. The average molecular weight is 264 g/mol. The number of carbonyl (C=O) groups excluding carboxylic acids is 1. The molecule has 0 saturated heterocycles. The second-order valence-corrected chi connectivity index (χ2v) is 4.95. The van der Waals surface area contributed by atoms with E-state index in [0.717, 1.165) is 17.9 Å². The monoisotopic (exact) mass is 264 g/mol. The lowest BCUT2D eigenvalue weighted by Gasteiger charge is -2.18. The molecule has 0 aliphatic carbocycles. The molecule has 1 amide bonds. The second-order valence-electron chi connectivity index (χ2n) is 4.95. The summed E-state index contributed by atoms with van der Waals surface area (Å²) >= 11 is 0. The van der Waals surface area contributed by atoms with E-state index in [2.05, 4.69) is 12.2 Å². The molecule has 0 radical (unpaired) electrons. The molecule has 0 aliphatic heterocycles. The van der Waals surface area contributed by atoms with Gasteiger partial charge in [-0.1, -0.05) is 26.8 Å². The lowest BCUT2D eigenvalue weighted by molar-refractivity contribution is -0.120. The molecule has 0 aromatic heterocycles. The quantitative estimate of drug-likeness (QED) is 0.795. The van der Waals surface area contributed by atoms with Crippen LogP contribution in [-0.4, -0.2) is 19.1 Å². The summed E-state index contributed by atoms with van der Waals surface area (Å²) in [7, 11) is 0. The lowest BCUT2D eigenvalue weighted by Crippen LogP contribution is -2.33. The maximum Gasteiger partial charge on any atom is 0.229 e. The summed E-state index contributed by atoms with van der Waals surface area (Å²) in [4.78, 5) is 12.1. The summed E-state index contributed by atoms with van der Waals surface area (Å²) in [6.07, 6.45) is 0.958. The summed E-state index contributed by atoms with van der Waals surface area (Å²) in [5, 5.41) is 2.89. The highest BCUT2D eigenvalue weighted by atomic mass is 16.5. The van der Waals surface area contributed by atoms with Gasteiger partial charge < -0.3 is 15.8 Å². The van der Waals surface area contributed by atoms with Crippen molar-refractivity contribution in [1.82, 2.24) is 0 Å². The van der Waals surface area contributed by atoms with Crippen LogP contribution in [-0.2, 0) is 4.79 Å². The Labute approximate surface area is 115 Å². The molecule has 0 fully saturated rings. The van der Waals surface area contributed by atoms with E-state index in [1.807, 2.05) is 38.1 Å². The number of nitrogens with one attached hydrogen (secondary N) is 1. The van der Waals surface area contributed by atoms with E-state index in [-0.39, 0.29) is 17.7 Å². The molecule has 1 aromatic carbocycles. The van der Waals surface area contributed by atoms with Gasteiger partial charge >= 0.3 is 0 Å². The number of amides is 1. The molecular weight excluding hydrogens is 240 g/mol. The smallest absolute Gasteiger partial charge is 0.229 e. The van der Waals surface area contributed by atoms with Gasteiger partial charge in [-0.25, -0.2) is 0 Å². The van der Waals surface area contributed by atoms with Crippen molar-refractivity contribution in [2.75, 3.05) is 18.5 Å². The summed E-state index contributed by atoms with van der Waals surface area (Å²) in [6, 6.07) is 7.44. The van der Waals surface area contributed by atoms with Crippen LogP contribution in [0.2, 0.25) is 0 Å². The summed E-state index contributed by atoms with van der Waals surface area (Å²) in [5.41, 5.74) is 6.39. The van der Waals surface area contributed by atoms with Gasteiger partial charge in [0.15, 0.2) is 0 Å². The van der Waals surface area contributed by atoms with Crippen LogP contribution in [0, 0.1) is 11.8 Å². The molecular formula is C15H24N2O2. The van der Waals surface area contributed by atoms with Gasteiger partial charge in [-0.3, -0.25) is 4.79 Å². The molecule has 1 rings (SSSR count). The number of ether oxygens (including phenoxy) is 1.